The molecule has 0 radical (unpaired) electrons. The minimum absolute atomic E-state index is 1.31. The van der Waals surface area contributed by atoms with Crippen LogP contribution in [0.3, 0.4) is 0 Å². The summed E-state index contributed by atoms with van der Waals surface area (Å²) in [6.45, 7) is 2.36. The minimum Gasteiger partial charge on any atom is -0.135 e. The van der Waals surface area contributed by atoms with Crippen LogP contribution in [0.25, 0.3) is 172 Å². The number of thiophene rings is 1. The molecule has 1 aliphatic rings. The van der Waals surface area contributed by atoms with Gasteiger partial charge in [-0.2, -0.15) is 0 Å². The molecule has 16 aromatic rings. The van der Waals surface area contributed by atoms with Crippen LogP contribution in [0, 0.1) is 6.92 Å². The molecule has 1 aromatic heterocycles. The third-order valence-corrected chi connectivity index (χ3v) is 16.8. The van der Waals surface area contributed by atoms with Gasteiger partial charge < -0.3 is 0 Å². The summed E-state index contributed by atoms with van der Waals surface area (Å²) in [5.74, 6) is 0. The molecule has 0 spiro atoms. The highest BCUT2D eigenvalue weighted by molar-refractivity contribution is 7.22. The van der Waals surface area contributed by atoms with E-state index in [4.69, 9.17) is 0 Å². The van der Waals surface area contributed by atoms with E-state index in [0.29, 0.717) is 0 Å². The molecular formula is C61H30S. The molecule has 0 atom stereocenters. The van der Waals surface area contributed by atoms with Crippen molar-refractivity contribution in [2.45, 2.75) is 6.92 Å². The highest BCUT2D eigenvalue weighted by Crippen LogP contribution is 2.60. The molecule has 0 saturated heterocycles. The molecule has 0 N–H and O–H groups in total. The summed E-state index contributed by atoms with van der Waals surface area (Å²) in [4.78, 5) is 1.38. The molecule has 0 nitrogen and oxygen atoms in total. The van der Waals surface area contributed by atoms with Gasteiger partial charge in [-0.3, -0.25) is 0 Å². The summed E-state index contributed by atoms with van der Waals surface area (Å²) < 4.78 is 1.35. The second-order valence-corrected chi connectivity index (χ2v) is 19.1. The molecule has 15 aromatic carbocycles. The number of rotatable bonds is 1. The van der Waals surface area contributed by atoms with Gasteiger partial charge in [0, 0.05) is 20.5 Å². The van der Waals surface area contributed by atoms with Crippen LogP contribution in [0.15, 0.2) is 164 Å². The van der Waals surface area contributed by atoms with Gasteiger partial charge in [0.15, 0.2) is 0 Å². The first-order valence-electron chi connectivity index (χ1n) is 21.8. The number of hydrogen-bond donors (Lipinski definition) is 0. The summed E-state index contributed by atoms with van der Waals surface area (Å²) in [7, 11) is 0. The van der Waals surface area contributed by atoms with Crippen molar-refractivity contribution in [3.05, 3.63) is 169 Å². The predicted octanol–water partition coefficient (Wildman–Crippen LogP) is 18.1. The second-order valence-electron chi connectivity index (χ2n) is 18.1. The van der Waals surface area contributed by atoms with Crippen molar-refractivity contribution in [1.82, 2.24) is 0 Å². The highest BCUT2D eigenvalue weighted by atomic mass is 32.1. The number of benzene rings is 12. The SMILES string of the molecule is Cc1c(-c2c3cc4c5cccc6cccc(c65)c4c4c5ccccc5c(c5c6ccc7c8ccc9c%10c(ccc(c%11ccc(c25)c6c%117)c%108)-c2ccccc2-9)c34)sc2ccccc12. The van der Waals surface area contributed by atoms with E-state index in [2.05, 4.69) is 171 Å². The largest absolute Gasteiger partial charge is 0.135 e. The minimum atomic E-state index is 1.31. The molecule has 17 rings (SSSR count). The first-order chi connectivity index (χ1) is 30.7. The fraction of sp³-hybridized carbons (Fsp3) is 0.0164. The van der Waals surface area contributed by atoms with Crippen LogP contribution in [0.1, 0.15) is 5.56 Å². The van der Waals surface area contributed by atoms with Crippen LogP contribution >= 0.6 is 11.3 Å². The van der Waals surface area contributed by atoms with E-state index in [1.165, 1.54) is 178 Å². The van der Waals surface area contributed by atoms with E-state index < -0.39 is 0 Å². The standard InChI is InChI=1S/C61H30S/c1-29-31-12-6-7-19-48(31)62-61(29)60-47-28-46-36-17-8-10-30-11-9-18-43(49(30)36)54(46)55-34-15-4-5-16-35(34)56(59(47)55)57-44-26-24-41-39-22-20-37-32-13-2-3-14-33(32)38-21-23-40(51(39)50(37)38)42-25-27-45(58(57)60)53(44)52(41)42/h2-28H,1H3. The molecule has 0 amide bonds. The third kappa shape index (κ3) is 3.28. The average Bonchev–Trinajstić information content (AvgIpc) is 4.11. The van der Waals surface area contributed by atoms with E-state index in [1.54, 1.807) is 0 Å². The number of aryl methyl sites for hydroxylation is 1. The van der Waals surface area contributed by atoms with Crippen molar-refractivity contribution in [2.24, 2.45) is 0 Å². The normalized spacial score (nSPS) is 13.2. The Morgan fingerprint density at radius 3 is 1.40 bits per heavy atom. The maximum absolute atomic E-state index is 2.60. The zero-order chi connectivity index (χ0) is 39.9. The van der Waals surface area contributed by atoms with Crippen LogP contribution < -0.4 is 0 Å². The van der Waals surface area contributed by atoms with E-state index in [0.717, 1.165) is 0 Å². The lowest BCUT2D eigenvalue weighted by atomic mass is 9.87. The van der Waals surface area contributed by atoms with Crippen LogP contribution in [-0.2, 0) is 0 Å². The Kier molecular flexibility index (Phi) is 5.20. The smallest absolute Gasteiger partial charge is 0.0397 e. The van der Waals surface area contributed by atoms with Crippen molar-refractivity contribution in [1.29, 1.82) is 0 Å². The molecule has 1 aliphatic carbocycles. The highest BCUT2D eigenvalue weighted by Gasteiger charge is 2.31. The molecule has 0 aliphatic heterocycles. The predicted molar refractivity (Wildman–Crippen MR) is 271 cm³/mol. The molecule has 0 fully saturated rings. The summed E-state index contributed by atoms with van der Waals surface area (Å²) in [5.41, 5.74) is 8.18. The maximum Gasteiger partial charge on any atom is 0.0397 e. The van der Waals surface area contributed by atoms with E-state index in [9.17, 15) is 0 Å². The Morgan fingerprint density at radius 2 is 0.710 bits per heavy atom. The summed E-state index contributed by atoms with van der Waals surface area (Å²) in [6, 6.07) is 63.3. The van der Waals surface area contributed by atoms with Gasteiger partial charge in [0.05, 0.1) is 0 Å². The topological polar surface area (TPSA) is 0 Å². The van der Waals surface area contributed by atoms with Gasteiger partial charge in [0.25, 0.3) is 0 Å². The Hall–Kier alpha value is -7.58. The first kappa shape index (κ1) is 31.3. The molecule has 0 unspecified atom stereocenters. The van der Waals surface area contributed by atoms with Gasteiger partial charge in [-0.05, 0) is 176 Å². The fourth-order valence-electron chi connectivity index (χ4n) is 13.3. The van der Waals surface area contributed by atoms with Crippen LogP contribution in [0.5, 0.6) is 0 Å². The Morgan fingerprint density at radius 1 is 0.274 bits per heavy atom. The quantitative estimate of drug-likeness (QED) is 0.115. The van der Waals surface area contributed by atoms with Crippen molar-refractivity contribution in [3.8, 4) is 32.7 Å². The third-order valence-electron chi connectivity index (χ3n) is 15.5. The number of hydrogen-bond acceptors (Lipinski definition) is 1. The lowest BCUT2D eigenvalue weighted by molar-refractivity contribution is 1.59. The Balaban J connectivity index is 1.15. The molecule has 1 heteroatoms. The fourth-order valence-corrected chi connectivity index (χ4v) is 14.5. The molecule has 280 valence electrons. The summed E-state index contributed by atoms with van der Waals surface area (Å²) >= 11 is 1.97. The van der Waals surface area contributed by atoms with Gasteiger partial charge in [0.2, 0.25) is 0 Å². The zero-order valence-corrected chi connectivity index (χ0v) is 34.3. The lowest BCUT2D eigenvalue weighted by Gasteiger charge is -2.16. The lowest BCUT2D eigenvalue weighted by Crippen LogP contribution is -1.88. The number of fused-ring (bicyclic) bond motifs is 17. The van der Waals surface area contributed by atoms with Crippen molar-refractivity contribution < 1.29 is 0 Å². The average molecular weight is 795 g/mol. The van der Waals surface area contributed by atoms with Gasteiger partial charge >= 0.3 is 0 Å². The van der Waals surface area contributed by atoms with E-state index in [1.807, 2.05) is 11.3 Å². The molecule has 1 heterocycles. The van der Waals surface area contributed by atoms with Gasteiger partial charge in [-0.15, -0.1) is 11.3 Å². The summed E-state index contributed by atoms with van der Waals surface area (Å²) in [6.07, 6.45) is 0. The maximum atomic E-state index is 2.60. The zero-order valence-electron chi connectivity index (χ0n) is 33.5. The Labute approximate surface area is 357 Å². The monoisotopic (exact) mass is 794 g/mol. The van der Waals surface area contributed by atoms with Crippen molar-refractivity contribution in [2.75, 3.05) is 0 Å². The molecule has 62 heavy (non-hydrogen) atoms. The Bertz CT molecular complexity index is 4650. The van der Waals surface area contributed by atoms with E-state index in [-0.39, 0.29) is 0 Å². The van der Waals surface area contributed by atoms with Crippen LogP contribution in [0.2, 0.25) is 0 Å². The van der Waals surface area contributed by atoms with Crippen LogP contribution in [0.4, 0.5) is 0 Å². The summed E-state index contributed by atoms with van der Waals surface area (Å²) in [5, 5.41) is 34.3. The van der Waals surface area contributed by atoms with E-state index >= 15 is 0 Å². The van der Waals surface area contributed by atoms with Gasteiger partial charge in [0.1, 0.15) is 0 Å². The van der Waals surface area contributed by atoms with Gasteiger partial charge in [-0.25, -0.2) is 0 Å². The molecular weight excluding hydrogens is 765 g/mol. The van der Waals surface area contributed by atoms with Crippen LogP contribution in [-0.4, -0.2) is 0 Å². The van der Waals surface area contributed by atoms with Crippen molar-refractivity contribution >= 4 is 151 Å². The second kappa shape index (κ2) is 10.3. The van der Waals surface area contributed by atoms with Crippen molar-refractivity contribution in [3.63, 3.8) is 0 Å². The molecule has 0 saturated carbocycles. The first-order valence-corrected chi connectivity index (χ1v) is 22.7. The molecule has 0 bridgehead atoms. The van der Waals surface area contributed by atoms with Gasteiger partial charge in [-0.1, -0.05) is 152 Å².